The Kier molecular flexibility index (Phi) is 6.47. The van der Waals surface area contributed by atoms with Gasteiger partial charge in [-0.25, -0.2) is 8.42 Å². The standard InChI is InChI=1S/C22H28N2O4S/c1-16(18-9-8-17-6-4-5-7-19(17)14-18)23-22(25)15-24(29(3,26)27)20-10-12-21(28-2)13-11-20/h8-14,16H,4-7,15H2,1-3H3,(H,23,25)/t16-/m0/s1. The maximum absolute atomic E-state index is 12.6. The van der Waals surface area contributed by atoms with Crippen molar-refractivity contribution in [3.63, 3.8) is 0 Å². The van der Waals surface area contributed by atoms with Gasteiger partial charge in [0.1, 0.15) is 12.3 Å². The number of fused-ring (bicyclic) bond motifs is 1. The van der Waals surface area contributed by atoms with Crippen LogP contribution in [-0.4, -0.2) is 34.2 Å². The second-order valence-corrected chi connectivity index (χ2v) is 9.40. The molecule has 156 valence electrons. The van der Waals surface area contributed by atoms with Crippen LogP contribution < -0.4 is 14.4 Å². The molecule has 1 amide bonds. The van der Waals surface area contributed by atoms with Crippen molar-refractivity contribution in [2.24, 2.45) is 0 Å². The molecule has 3 rings (SSSR count). The van der Waals surface area contributed by atoms with E-state index < -0.39 is 10.0 Å². The highest BCUT2D eigenvalue weighted by Gasteiger charge is 2.22. The molecule has 1 atom stereocenters. The minimum Gasteiger partial charge on any atom is -0.497 e. The molecule has 1 aliphatic carbocycles. The fraction of sp³-hybridized carbons (Fsp3) is 0.409. The summed E-state index contributed by atoms with van der Waals surface area (Å²) in [4.78, 5) is 12.6. The number of hydrogen-bond donors (Lipinski definition) is 1. The Morgan fingerprint density at radius 2 is 1.76 bits per heavy atom. The summed E-state index contributed by atoms with van der Waals surface area (Å²) in [6.45, 7) is 1.64. The first-order chi connectivity index (χ1) is 13.8. The quantitative estimate of drug-likeness (QED) is 0.752. The summed E-state index contributed by atoms with van der Waals surface area (Å²) < 4.78 is 30.7. The number of benzene rings is 2. The number of sulfonamides is 1. The minimum absolute atomic E-state index is 0.202. The van der Waals surface area contributed by atoms with Crippen molar-refractivity contribution in [3.8, 4) is 5.75 Å². The van der Waals surface area contributed by atoms with E-state index in [1.165, 1.54) is 24.0 Å². The average Bonchev–Trinajstić information content (AvgIpc) is 2.71. The van der Waals surface area contributed by atoms with Crippen molar-refractivity contribution in [1.29, 1.82) is 0 Å². The van der Waals surface area contributed by atoms with Crippen LogP contribution in [0.2, 0.25) is 0 Å². The third-order valence-corrected chi connectivity index (χ3v) is 6.44. The Bertz CT molecular complexity index is 971. The van der Waals surface area contributed by atoms with Gasteiger partial charge in [0.05, 0.1) is 25.1 Å². The molecule has 0 aromatic heterocycles. The van der Waals surface area contributed by atoms with Gasteiger partial charge in [0.2, 0.25) is 15.9 Å². The number of nitrogens with one attached hydrogen (secondary N) is 1. The fourth-order valence-corrected chi connectivity index (χ4v) is 4.53. The molecule has 0 spiro atoms. The summed E-state index contributed by atoms with van der Waals surface area (Å²) in [7, 11) is -2.07. The van der Waals surface area contributed by atoms with Gasteiger partial charge in [0.15, 0.2) is 0 Å². The second kappa shape index (κ2) is 8.86. The van der Waals surface area contributed by atoms with Crippen LogP contribution in [0, 0.1) is 0 Å². The Morgan fingerprint density at radius 3 is 2.38 bits per heavy atom. The Hall–Kier alpha value is -2.54. The largest absolute Gasteiger partial charge is 0.497 e. The Morgan fingerprint density at radius 1 is 1.10 bits per heavy atom. The predicted molar refractivity (Wildman–Crippen MR) is 115 cm³/mol. The molecule has 2 aromatic carbocycles. The van der Waals surface area contributed by atoms with Crippen LogP contribution in [0.4, 0.5) is 5.69 Å². The van der Waals surface area contributed by atoms with Crippen molar-refractivity contribution < 1.29 is 17.9 Å². The summed E-state index contributed by atoms with van der Waals surface area (Å²) >= 11 is 0. The van der Waals surface area contributed by atoms with Gasteiger partial charge in [-0.2, -0.15) is 0 Å². The van der Waals surface area contributed by atoms with Crippen molar-refractivity contribution in [1.82, 2.24) is 5.32 Å². The number of hydrogen-bond acceptors (Lipinski definition) is 4. The molecule has 1 N–H and O–H groups in total. The number of methoxy groups -OCH3 is 1. The number of anilines is 1. The molecule has 0 bridgehead atoms. The number of carbonyl (C=O) groups excluding carboxylic acids is 1. The monoisotopic (exact) mass is 416 g/mol. The highest BCUT2D eigenvalue weighted by atomic mass is 32.2. The SMILES string of the molecule is COc1ccc(N(CC(=O)N[C@@H](C)c2ccc3c(c2)CCCC3)S(C)(=O)=O)cc1. The third-order valence-electron chi connectivity index (χ3n) is 5.30. The first kappa shape index (κ1) is 21.2. The lowest BCUT2D eigenvalue weighted by Gasteiger charge is -2.24. The van der Waals surface area contributed by atoms with E-state index in [-0.39, 0.29) is 18.5 Å². The number of aryl methyl sites for hydroxylation is 2. The first-order valence-corrected chi connectivity index (χ1v) is 11.7. The zero-order valence-electron chi connectivity index (χ0n) is 17.1. The molecule has 29 heavy (non-hydrogen) atoms. The zero-order valence-corrected chi connectivity index (χ0v) is 18.0. The molecule has 7 heteroatoms. The maximum atomic E-state index is 12.6. The average molecular weight is 417 g/mol. The van der Waals surface area contributed by atoms with Gasteiger partial charge in [-0.1, -0.05) is 18.2 Å². The highest BCUT2D eigenvalue weighted by Crippen LogP contribution is 2.25. The highest BCUT2D eigenvalue weighted by molar-refractivity contribution is 7.92. The van der Waals surface area contributed by atoms with Crippen LogP contribution in [0.3, 0.4) is 0 Å². The van der Waals surface area contributed by atoms with Crippen molar-refractivity contribution in [2.45, 2.75) is 38.6 Å². The summed E-state index contributed by atoms with van der Waals surface area (Å²) in [6, 6.07) is 12.7. The summed E-state index contributed by atoms with van der Waals surface area (Å²) in [5.74, 6) is 0.268. The molecular formula is C22H28N2O4S. The minimum atomic E-state index is -3.61. The van der Waals surface area contributed by atoms with Crippen molar-refractivity contribution in [2.75, 3.05) is 24.2 Å². The summed E-state index contributed by atoms with van der Waals surface area (Å²) in [6.07, 6.45) is 5.70. The van der Waals surface area contributed by atoms with Crippen molar-refractivity contribution >= 4 is 21.6 Å². The lowest BCUT2D eigenvalue weighted by Crippen LogP contribution is -2.41. The smallest absolute Gasteiger partial charge is 0.241 e. The van der Waals surface area contributed by atoms with Gasteiger partial charge in [-0.3, -0.25) is 9.10 Å². The molecule has 0 saturated heterocycles. The maximum Gasteiger partial charge on any atom is 0.241 e. The lowest BCUT2D eigenvalue weighted by atomic mass is 9.89. The van der Waals surface area contributed by atoms with E-state index in [2.05, 4.69) is 17.4 Å². The van der Waals surface area contributed by atoms with Crippen LogP contribution in [-0.2, 0) is 27.7 Å². The molecular weight excluding hydrogens is 388 g/mol. The number of carbonyl (C=O) groups is 1. The molecule has 0 radical (unpaired) electrons. The van der Waals surface area contributed by atoms with Crippen LogP contribution >= 0.6 is 0 Å². The molecule has 0 fully saturated rings. The second-order valence-electron chi connectivity index (χ2n) is 7.49. The number of rotatable bonds is 7. The van der Waals surface area contributed by atoms with Crippen LogP contribution in [0.1, 0.15) is 42.5 Å². The van der Waals surface area contributed by atoms with E-state index in [4.69, 9.17) is 4.74 Å². The molecule has 0 saturated carbocycles. The topological polar surface area (TPSA) is 75.7 Å². The molecule has 0 heterocycles. The third kappa shape index (κ3) is 5.29. The van der Waals surface area contributed by atoms with E-state index in [0.717, 1.165) is 29.0 Å². The molecule has 0 aliphatic heterocycles. The summed E-state index contributed by atoms with van der Waals surface area (Å²) in [5.41, 5.74) is 4.20. The Labute approximate surface area is 172 Å². The van der Waals surface area contributed by atoms with Crippen LogP contribution in [0.25, 0.3) is 0 Å². The van der Waals surface area contributed by atoms with Gasteiger partial charge in [-0.05, 0) is 73.6 Å². The van der Waals surface area contributed by atoms with Crippen LogP contribution in [0.15, 0.2) is 42.5 Å². The number of ether oxygens (including phenoxy) is 1. The first-order valence-electron chi connectivity index (χ1n) is 9.81. The Balaban J connectivity index is 1.71. The van der Waals surface area contributed by atoms with Gasteiger partial charge in [0.25, 0.3) is 0 Å². The van der Waals surface area contributed by atoms with E-state index in [0.29, 0.717) is 11.4 Å². The molecule has 0 unspecified atom stereocenters. The number of nitrogens with zero attached hydrogens (tertiary/aromatic N) is 1. The lowest BCUT2D eigenvalue weighted by molar-refractivity contribution is -0.120. The predicted octanol–water partition coefficient (Wildman–Crippen LogP) is 3.22. The van der Waals surface area contributed by atoms with Crippen molar-refractivity contribution in [3.05, 3.63) is 59.2 Å². The molecule has 1 aliphatic rings. The normalized spacial score (nSPS) is 14.6. The van der Waals surface area contributed by atoms with Gasteiger partial charge in [0, 0.05) is 0 Å². The van der Waals surface area contributed by atoms with E-state index >= 15 is 0 Å². The number of amides is 1. The fourth-order valence-electron chi connectivity index (χ4n) is 3.67. The molecule has 2 aromatic rings. The molecule has 6 nitrogen and oxygen atoms in total. The van der Waals surface area contributed by atoms with Gasteiger partial charge < -0.3 is 10.1 Å². The van der Waals surface area contributed by atoms with Gasteiger partial charge >= 0.3 is 0 Å². The van der Waals surface area contributed by atoms with Crippen LogP contribution in [0.5, 0.6) is 5.75 Å². The van der Waals surface area contributed by atoms with Gasteiger partial charge in [-0.15, -0.1) is 0 Å². The zero-order chi connectivity index (χ0) is 21.0. The van der Waals surface area contributed by atoms with E-state index in [1.807, 2.05) is 13.0 Å². The van der Waals surface area contributed by atoms with E-state index in [9.17, 15) is 13.2 Å². The van der Waals surface area contributed by atoms with E-state index in [1.54, 1.807) is 31.4 Å². The summed E-state index contributed by atoms with van der Waals surface area (Å²) in [5, 5.41) is 2.93.